The molecule has 1 saturated heterocycles. The maximum Gasteiger partial charge on any atom is 0.338 e. The third kappa shape index (κ3) is 3.81. The standard InChI is InChI=1S/C14H17NO8/c16-6-10-11(18)12(19)13(20)14(22-10,15-8-17)23-21-7-9-4-2-1-3-5-9/h1-5,10-13,16,18-20H,6-7H2/t10-,11-,12+,13-,14-/m1/s1. The van der Waals surface area contributed by atoms with Crippen molar-refractivity contribution in [3.8, 4) is 0 Å². The van der Waals surface area contributed by atoms with Crippen molar-refractivity contribution in [3.05, 3.63) is 35.9 Å². The van der Waals surface area contributed by atoms with Crippen LogP contribution in [0.25, 0.3) is 0 Å². The predicted octanol–water partition coefficient (Wildman–Crippen LogP) is -1.40. The number of carbonyl (C=O) groups excluding carboxylic acids is 1. The molecule has 0 spiro atoms. The normalized spacial score (nSPS) is 33.9. The summed E-state index contributed by atoms with van der Waals surface area (Å²) in [5.74, 6) is -2.44. The van der Waals surface area contributed by atoms with Crippen LogP contribution in [0.4, 0.5) is 0 Å². The molecule has 0 bridgehead atoms. The number of aliphatic hydroxyl groups is 4. The summed E-state index contributed by atoms with van der Waals surface area (Å²) in [7, 11) is 0. The smallest absolute Gasteiger partial charge is 0.338 e. The molecule has 2 rings (SSSR count). The summed E-state index contributed by atoms with van der Waals surface area (Å²) in [5.41, 5.74) is 0.724. The van der Waals surface area contributed by atoms with Gasteiger partial charge in [0.2, 0.25) is 6.08 Å². The third-order valence-corrected chi connectivity index (χ3v) is 3.38. The minimum absolute atomic E-state index is 0.0600. The lowest BCUT2D eigenvalue weighted by molar-refractivity contribution is -0.480. The van der Waals surface area contributed by atoms with E-state index in [1.165, 1.54) is 0 Å². The second-order valence-electron chi connectivity index (χ2n) is 4.93. The molecule has 23 heavy (non-hydrogen) atoms. The molecule has 1 fully saturated rings. The first kappa shape index (κ1) is 17.7. The summed E-state index contributed by atoms with van der Waals surface area (Å²) in [6, 6.07) is 8.83. The molecule has 1 aromatic rings. The zero-order chi connectivity index (χ0) is 16.9. The second-order valence-corrected chi connectivity index (χ2v) is 4.93. The lowest BCUT2D eigenvalue weighted by atomic mass is 9.97. The summed E-state index contributed by atoms with van der Waals surface area (Å²) in [6.45, 7) is -0.765. The molecule has 126 valence electrons. The van der Waals surface area contributed by atoms with E-state index in [1.807, 2.05) is 0 Å². The average molecular weight is 327 g/mol. The highest BCUT2D eigenvalue weighted by Gasteiger charge is 2.56. The minimum Gasteiger partial charge on any atom is -0.394 e. The molecule has 0 aromatic heterocycles. The number of ether oxygens (including phenoxy) is 1. The monoisotopic (exact) mass is 327 g/mol. The quantitative estimate of drug-likeness (QED) is 0.217. The van der Waals surface area contributed by atoms with Gasteiger partial charge in [0.15, 0.2) is 6.10 Å². The van der Waals surface area contributed by atoms with E-state index in [4.69, 9.17) is 19.6 Å². The topological polar surface area (TPSA) is 138 Å². The van der Waals surface area contributed by atoms with Gasteiger partial charge in [0.1, 0.15) is 24.9 Å². The van der Waals surface area contributed by atoms with Gasteiger partial charge in [-0.25, -0.2) is 9.68 Å². The van der Waals surface area contributed by atoms with Gasteiger partial charge in [-0.1, -0.05) is 30.3 Å². The fourth-order valence-corrected chi connectivity index (χ4v) is 2.12. The Balaban J connectivity index is 2.12. The Morgan fingerprint density at radius 3 is 2.52 bits per heavy atom. The van der Waals surface area contributed by atoms with Crippen LogP contribution in [0, 0.1) is 0 Å². The molecule has 0 aliphatic carbocycles. The van der Waals surface area contributed by atoms with E-state index in [0.717, 1.165) is 11.6 Å². The lowest BCUT2D eigenvalue weighted by Crippen LogP contribution is -2.65. The molecule has 9 nitrogen and oxygen atoms in total. The number of hydrogen-bond donors (Lipinski definition) is 4. The van der Waals surface area contributed by atoms with Crippen LogP contribution in [0.15, 0.2) is 35.3 Å². The summed E-state index contributed by atoms with van der Waals surface area (Å²) >= 11 is 0. The van der Waals surface area contributed by atoms with Crippen LogP contribution in [-0.2, 0) is 25.9 Å². The Bertz CT molecular complexity index is 547. The summed E-state index contributed by atoms with van der Waals surface area (Å²) in [6.07, 6.45) is -5.50. The van der Waals surface area contributed by atoms with E-state index in [0.29, 0.717) is 0 Å². The highest BCUT2D eigenvalue weighted by molar-refractivity contribution is 5.34. The second kappa shape index (κ2) is 7.73. The van der Waals surface area contributed by atoms with Crippen LogP contribution in [0.5, 0.6) is 0 Å². The first-order valence-electron chi connectivity index (χ1n) is 6.80. The first-order valence-corrected chi connectivity index (χ1v) is 6.80. The fraction of sp³-hybridized carbons (Fsp3) is 0.500. The number of aliphatic hydroxyl groups excluding tert-OH is 4. The van der Waals surface area contributed by atoms with Gasteiger partial charge in [-0.2, -0.15) is 4.89 Å². The van der Waals surface area contributed by atoms with Gasteiger partial charge in [-0.3, -0.25) is 0 Å². The zero-order valence-corrected chi connectivity index (χ0v) is 12.0. The van der Waals surface area contributed by atoms with Gasteiger partial charge in [0, 0.05) is 0 Å². The van der Waals surface area contributed by atoms with Crippen molar-refractivity contribution in [2.24, 2.45) is 4.99 Å². The van der Waals surface area contributed by atoms with Crippen LogP contribution >= 0.6 is 0 Å². The average Bonchev–Trinajstić information content (AvgIpc) is 2.57. The Kier molecular flexibility index (Phi) is 5.94. The molecule has 5 atom stereocenters. The number of rotatable bonds is 6. The van der Waals surface area contributed by atoms with E-state index < -0.39 is 36.9 Å². The highest BCUT2D eigenvalue weighted by atomic mass is 17.2. The summed E-state index contributed by atoms with van der Waals surface area (Å²) < 4.78 is 5.11. The van der Waals surface area contributed by atoms with Crippen molar-refractivity contribution in [1.82, 2.24) is 0 Å². The molecule has 0 unspecified atom stereocenters. The van der Waals surface area contributed by atoms with Gasteiger partial charge in [0.05, 0.1) is 6.61 Å². The van der Waals surface area contributed by atoms with E-state index >= 15 is 0 Å². The molecule has 1 heterocycles. The molecule has 0 radical (unpaired) electrons. The molecule has 4 N–H and O–H groups in total. The molecular formula is C14H17NO8. The predicted molar refractivity (Wildman–Crippen MR) is 73.1 cm³/mol. The van der Waals surface area contributed by atoms with Gasteiger partial charge in [-0.15, -0.1) is 4.99 Å². The van der Waals surface area contributed by atoms with Crippen molar-refractivity contribution in [3.63, 3.8) is 0 Å². The number of isocyanates is 1. The number of nitrogens with zero attached hydrogens (tertiary/aromatic N) is 1. The Hall–Kier alpha value is -1.68. The SMILES string of the molecule is O=C=N[C@@]1(OOCc2ccccc2)O[C@H](CO)[C@@H](O)[C@H](O)[C@H]1O. The Morgan fingerprint density at radius 1 is 1.22 bits per heavy atom. The molecule has 1 aliphatic heterocycles. The molecular weight excluding hydrogens is 310 g/mol. The van der Waals surface area contributed by atoms with E-state index in [-0.39, 0.29) is 6.61 Å². The molecule has 0 amide bonds. The lowest BCUT2D eigenvalue weighted by Gasteiger charge is -2.43. The van der Waals surface area contributed by atoms with Crippen molar-refractivity contribution < 1.29 is 39.7 Å². The molecule has 0 saturated carbocycles. The van der Waals surface area contributed by atoms with Crippen LogP contribution < -0.4 is 0 Å². The number of hydrogen-bond acceptors (Lipinski definition) is 9. The zero-order valence-electron chi connectivity index (χ0n) is 12.0. The Labute approximate surface area is 131 Å². The van der Waals surface area contributed by atoms with Crippen LogP contribution in [0.3, 0.4) is 0 Å². The van der Waals surface area contributed by atoms with E-state index in [2.05, 4.69) is 4.99 Å². The van der Waals surface area contributed by atoms with Crippen LogP contribution in [0.1, 0.15) is 5.56 Å². The number of aliphatic imine (C=N–C) groups is 1. The number of benzene rings is 1. The highest BCUT2D eigenvalue weighted by Crippen LogP contribution is 2.32. The van der Waals surface area contributed by atoms with Crippen LogP contribution in [-0.4, -0.2) is 63.4 Å². The minimum atomic E-state index is -2.44. The van der Waals surface area contributed by atoms with Gasteiger partial charge >= 0.3 is 5.91 Å². The van der Waals surface area contributed by atoms with Gasteiger partial charge in [-0.05, 0) is 5.56 Å². The first-order chi connectivity index (χ1) is 11.0. The van der Waals surface area contributed by atoms with Crippen molar-refractivity contribution in [2.75, 3.05) is 6.61 Å². The maximum absolute atomic E-state index is 10.6. The Morgan fingerprint density at radius 2 is 1.91 bits per heavy atom. The van der Waals surface area contributed by atoms with Crippen molar-refractivity contribution in [1.29, 1.82) is 0 Å². The molecule has 1 aliphatic rings. The van der Waals surface area contributed by atoms with E-state index in [9.17, 15) is 20.1 Å². The largest absolute Gasteiger partial charge is 0.394 e. The van der Waals surface area contributed by atoms with Gasteiger partial charge < -0.3 is 25.2 Å². The fourth-order valence-electron chi connectivity index (χ4n) is 2.12. The maximum atomic E-state index is 10.6. The van der Waals surface area contributed by atoms with Crippen molar-refractivity contribution >= 4 is 6.08 Å². The molecule has 9 heteroatoms. The summed E-state index contributed by atoms with van der Waals surface area (Å²) in [4.78, 5) is 23.6. The summed E-state index contributed by atoms with van der Waals surface area (Å²) in [5, 5.41) is 38.7. The van der Waals surface area contributed by atoms with Gasteiger partial charge in [0.25, 0.3) is 0 Å². The van der Waals surface area contributed by atoms with E-state index in [1.54, 1.807) is 30.3 Å². The van der Waals surface area contributed by atoms with Crippen LogP contribution in [0.2, 0.25) is 0 Å². The van der Waals surface area contributed by atoms with Crippen molar-refractivity contribution in [2.45, 2.75) is 36.9 Å². The molecule has 1 aromatic carbocycles. The third-order valence-electron chi connectivity index (χ3n) is 3.38.